The molecule has 3 N–H and O–H groups in total. The van der Waals surface area contributed by atoms with Crippen molar-refractivity contribution >= 4 is 15.7 Å². The van der Waals surface area contributed by atoms with Crippen molar-refractivity contribution in [1.82, 2.24) is 4.72 Å². The van der Waals surface area contributed by atoms with E-state index in [-0.39, 0.29) is 10.9 Å². The first kappa shape index (κ1) is 15.9. The average Bonchev–Trinajstić information content (AvgIpc) is 2.34. The molecule has 19 heavy (non-hydrogen) atoms. The Hall–Kier alpha value is -1.11. The number of anilines is 1. The first-order valence-corrected chi connectivity index (χ1v) is 7.96. The Morgan fingerprint density at radius 1 is 1.26 bits per heavy atom. The molecule has 0 radical (unpaired) electrons. The number of nitrogens with two attached hydrogens (primary N) is 1. The zero-order valence-electron chi connectivity index (χ0n) is 11.8. The monoisotopic (exact) mass is 285 g/mol. The van der Waals surface area contributed by atoms with Crippen LogP contribution in [-0.4, -0.2) is 34.1 Å². The molecule has 0 fully saturated rings. The third-order valence-corrected chi connectivity index (χ3v) is 4.36. The van der Waals surface area contributed by atoms with Gasteiger partial charge in [0, 0.05) is 31.4 Å². The number of likely N-dealkylation sites (N-methyl/N-ethyl adjacent to an activating group) is 1. The predicted octanol–water partition coefficient (Wildman–Crippen LogP) is 1.16. The van der Waals surface area contributed by atoms with Gasteiger partial charge in [0.1, 0.15) is 0 Å². The average molecular weight is 285 g/mol. The lowest BCUT2D eigenvalue weighted by atomic mass is 10.3. The highest BCUT2D eigenvalue weighted by atomic mass is 32.2. The maximum absolute atomic E-state index is 12.0. The van der Waals surface area contributed by atoms with E-state index in [0.29, 0.717) is 6.54 Å². The van der Waals surface area contributed by atoms with Crippen LogP contribution in [0.2, 0.25) is 0 Å². The second-order valence-electron chi connectivity index (χ2n) is 4.64. The van der Waals surface area contributed by atoms with Gasteiger partial charge in [-0.3, -0.25) is 0 Å². The Morgan fingerprint density at radius 2 is 1.84 bits per heavy atom. The summed E-state index contributed by atoms with van der Waals surface area (Å²) < 4.78 is 26.5. The Balaban J connectivity index is 2.92. The second-order valence-corrected chi connectivity index (χ2v) is 6.35. The van der Waals surface area contributed by atoms with Crippen molar-refractivity contribution in [3.05, 3.63) is 24.3 Å². The second kappa shape index (κ2) is 6.88. The quantitative estimate of drug-likeness (QED) is 0.788. The van der Waals surface area contributed by atoms with Gasteiger partial charge in [-0.25, -0.2) is 13.1 Å². The number of hydrogen-bond donors (Lipinski definition) is 2. The first-order chi connectivity index (χ1) is 8.90. The molecule has 0 saturated heterocycles. The molecule has 0 aliphatic rings. The Kier molecular flexibility index (Phi) is 5.78. The van der Waals surface area contributed by atoms with Gasteiger partial charge in [0.15, 0.2) is 0 Å². The van der Waals surface area contributed by atoms with Crippen molar-refractivity contribution in [2.24, 2.45) is 5.73 Å². The summed E-state index contributed by atoms with van der Waals surface area (Å²) in [4.78, 5) is 2.39. The van der Waals surface area contributed by atoms with Crippen molar-refractivity contribution in [1.29, 1.82) is 0 Å². The minimum absolute atomic E-state index is 0.117. The molecule has 0 atom stereocenters. The largest absolute Gasteiger partial charge is 0.371 e. The number of benzene rings is 1. The topological polar surface area (TPSA) is 75.4 Å². The Bertz CT molecular complexity index is 483. The normalized spacial score (nSPS) is 11.8. The molecule has 0 heterocycles. The van der Waals surface area contributed by atoms with Crippen LogP contribution < -0.4 is 15.4 Å². The molecular formula is C13H23N3O2S. The summed E-state index contributed by atoms with van der Waals surface area (Å²) in [7, 11) is -3.41. The van der Waals surface area contributed by atoms with Gasteiger partial charge in [0.2, 0.25) is 10.0 Å². The highest BCUT2D eigenvalue weighted by molar-refractivity contribution is 7.89. The summed E-state index contributed by atoms with van der Waals surface area (Å²) >= 11 is 0. The highest BCUT2D eigenvalue weighted by Gasteiger charge is 2.15. The van der Waals surface area contributed by atoms with Crippen LogP contribution in [0, 0.1) is 0 Å². The van der Waals surface area contributed by atoms with Crippen molar-refractivity contribution in [2.45, 2.75) is 31.7 Å². The van der Waals surface area contributed by atoms with Crippen molar-refractivity contribution in [3.8, 4) is 0 Å². The van der Waals surface area contributed by atoms with E-state index < -0.39 is 10.0 Å². The number of rotatable bonds is 7. The van der Waals surface area contributed by atoms with Crippen LogP contribution >= 0.6 is 0 Å². The van der Waals surface area contributed by atoms with Crippen LogP contribution in [0.4, 0.5) is 5.69 Å². The maximum Gasteiger partial charge on any atom is 0.240 e. The fraction of sp³-hybridized carbons (Fsp3) is 0.538. The zero-order chi connectivity index (χ0) is 14.5. The van der Waals surface area contributed by atoms with Crippen molar-refractivity contribution in [2.75, 3.05) is 24.5 Å². The standard InChI is InChI=1S/C13H23N3O2S/c1-4-16(10-9-14)12-5-7-13(8-6-12)19(17,18)15-11(2)3/h5-8,11,15H,4,9-10,14H2,1-3H3. The van der Waals surface area contributed by atoms with Gasteiger partial charge in [-0.15, -0.1) is 0 Å². The molecule has 0 amide bonds. The van der Waals surface area contributed by atoms with Crippen LogP contribution in [-0.2, 0) is 10.0 Å². The molecule has 0 spiro atoms. The van der Waals surface area contributed by atoms with E-state index in [2.05, 4.69) is 9.62 Å². The van der Waals surface area contributed by atoms with Gasteiger partial charge in [-0.05, 0) is 45.0 Å². The van der Waals surface area contributed by atoms with Crippen LogP contribution in [0.15, 0.2) is 29.2 Å². The molecule has 1 aromatic carbocycles. The molecule has 0 aromatic heterocycles. The van der Waals surface area contributed by atoms with Gasteiger partial charge < -0.3 is 10.6 Å². The van der Waals surface area contributed by atoms with E-state index in [0.717, 1.165) is 18.8 Å². The summed E-state index contributed by atoms with van der Waals surface area (Å²) in [5.74, 6) is 0. The molecule has 0 aliphatic carbocycles. The summed E-state index contributed by atoms with van der Waals surface area (Å²) in [5.41, 5.74) is 6.53. The lowest BCUT2D eigenvalue weighted by Gasteiger charge is -2.22. The van der Waals surface area contributed by atoms with E-state index in [4.69, 9.17) is 5.73 Å². The smallest absolute Gasteiger partial charge is 0.240 e. The van der Waals surface area contributed by atoms with Crippen LogP contribution in [0.5, 0.6) is 0 Å². The minimum atomic E-state index is -3.41. The highest BCUT2D eigenvalue weighted by Crippen LogP contribution is 2.17. The Morgan fingerprint density at radius 3 is 2.26 bits per heavy atom. The number of nitrogens with zero attached hydrogens (tertiary/aromatic N) is 1. The molecule has 0 aliphatic heterocycles. The van der Waals surface area contributed by atoms with Gasteiger partial charge in [-0.2, -0.15) is 0 Å². The molecule has 0 saturated carbocycles. The molecule has 0 bridgehead atoms. The lowest BCUT2D eigenvalue weighted by molar-refractivity contribution is 0.570. The summed E-state index contributed by atoms with van der Waals surface area (Å²) in [6.45, 7) is 7.81. The molecule has 6 heteroatoms. The zero-order valence-corrected chi connectivity index (χ0v) is 12.6. The van der Waals surface area contributed by atoms with Crippen LogP contribution in [0.3, 0.4) is 0 Å². The minimum Gasteiger partial charge on any atom is -0.371 e. The third-order valence-electron chi connectivity index (χ3n) is 2.68. The number of nitrogens with one attached hydrogen (secondary N) is 1. The fourth-order valence-corrected chi connectivity index (χ4v) is 3.09. The fourth-order valence-electron chi connectivity index (χ4n) is 1.84. The number of hydrogen-bond acceptors (Lipinski definition) is 4. The van der Waals surface area contributed by atoms with Crippen LogP contribution in [0.25, 0.3) is 0 Å². The van der Waals surface area contributed by atoms with Crippen LogP contribution in [0.1, 0.15) is 20.8 Å². The van der Waals surface area contributed by atoms with Gasteiger partial charge in [0.25, 0.3) is 0 Å². The summed E-state index contributed by atoms with van der Waals surface area (Å²) in [6.07, 6.45) is 0. The molecule has 108 valence electrons. The van der Waals surface area contributed by atoms with E-state index in [9.17, 15) is 8.42 Å². The van der Waals surface area contributed by atoms with E-state index in [1.807, 2.05) is 19.1 Å². The lowest BCUT2D eigenvalue weighted by Crippen LogP contribution is -2.31. The van der Waals surface area contributed by atoms with Crippen molar-refractivity contribution < 1.29 is 8.42 Å². The number of sulfonamides is 1. The van der Waals surface area contributed by atoms with Gasteiger partial charge in [-0.1, -0.05) is 0 Å². The molecule has 0 unspecified atom stereocenters. The van der Waals surface area contributed by atoms with E-state index >= 15 is 0 Å². The third kappa shape index (κ3) is 4.49. The first-order valence-electron chi connectivity index (χ1n) is 6.48. The summed E-state index contributed by atoms with van der Waals surface area (Å²) in [6, 6.07) is 6.76. The molecule has 1 rings (SSSR count). The SMILES string of the molecule is CCN(CCN)c1ccc(S(=O)(=O)NC(C)C)cc1. The predicted molar refractivity (Wildman–Crippen MR) is 78.8 cm³/mol. The molecule has 5 nitrogen and oxygen atoms in total. The molecule has 1 aromatic rings. The van der Waals surface area contributed by atoms with Gasteiger partial charge in [0.05, 0.1) is 4.90 Å². The van der Waals surface area contributed by atoms with Crippen molar-refractivity contribution in [3.63, 3.8) is 0 Å². The summed E-state index contributed by atoms with van der Waals surface area (Å²) in [5, 5.41) is 0. The van der Waals surface area contributed by atoms with E-state index in [1.54, 1.807) is 26.0 Å². The Labute approximate surface area is 115 Å². The maximum atomic E-state index is 12.0. The molecular weight excluding hydrogens is 262 g/mol. The van der Waals surface area contributed by atoms with E-state index in [1.165, 1.54) is 0 Å². The van der Waals surface area contributed by atoms with Gasteiger partial charge >= 0.3 is 0 Å².